The predicted molar refractivity (Wildman–Crippen MR) is 132 cm³/mol. The third-order valence-corrected chi connectivity index (χ3v) is 5.22. The number of likely N-dealkylation sites (N-methyl/N-ethyl adjacent to an activating group) is 1. The van der Waals surface area contributed by atoms with Gasteiger partial charge in [0, 0.05) is 26.2 Å². The molecule has 0 spiro atoms. The van der Waals surface area contributed by atoms with E-state index >= 15 is 0 Å². The molecule has 0 saturated heterocycles. The van der Waals surface area contributed by atoms with Crippen molar-refractivity contribution in [3.63, 3.8) is 0 Å². The summed E-state index contributed by atoms with van der Waals surface area (Å²) in [7, 11) is 1.71. The van der Waals surface area contributed by atoms with E-state index in [9.17, 15) is 9.59 Å². The number of ether oxygens (including phenoxy) is 1. The largest absolute Gasteiger partial charge is 0.492 e. The first-order valence-electron chi connectivity index (χ1n) is 11.2. The Labute approximate surface area is 204 Å². The molecule has 2 amide bonds. The highest BCUT2D eigenvalue weighted by atomic mass is 16.5. The van der Waals surface area contributed by atoms with Crippen LogP contribution in [-0.4, -0.2) is 58.2 Å². The number of nitriles is 1. The molecule has 3 rings (SSSR count). The zero-order valence-corrected chi connectivity index (χ0v) is 20.1. The summed E-state index contributed by atoms with van der Waals surface area (Å²) in [5.74, 6) is 0.463. The molecule has 10 heteroatoms. The Balaban J connectivity index is 1.38. The van der Waals surface area contributed by atoms with Crippen LogP contribution in [-0.2, 0) is 16.1 Å². The molecule has 3 aromatic rings. The van der Waals surface area contributed by atoms with E-state index in [1.807, 2.05) is 37.3 Å². The molecule has 182 valence electrons. The van der Waals surface area contributed by atoms with Crippen LogP contribution < -0.4 is 15.4 Å². The molecule has 0 radical (unpaired) electrons. The van der Waals surface area contributed by atoms with Crippen LogP contribution >= 0.6 is 0 Å². The number of carbonyl (C=O) groups excluding carboxylic acids is 2. The standard InChI is InChI=1S/C25H29N7O3/c1-18-4-7-22(8-5-18)35-13-12-31(3)25(34)17-32-16-21(15-28-32)30-24(33)10-11-27-23-9-6-20(14-26)29-19(23)2/h4-9,15-16,27H,10-13,17H2,1-3H3,(H,30,33). The molecule has 0 saturated carbocycles. The third-order valence-electron chi connectivity index (χ3n) is 5.22. The Bertz CT molecular complexity index is 1200. The molecule has 0 bridgehead atoms. The van der Waals surface area contributed by atoms with E-state index in [2.05, 4.69) is 20.7 Å². The molecule has 0 atom stereocenters. The molecule has 2 N–H and O–H groups in total. The van der Waals surface area contributed by atoms with Gasteiger partial charge in [0.2, 0.25) is 11.8 Å². The van der Waals surface area contributed by atoms with E-state index in [0.717, 1.165) is 17.0 Å². The summed E-state index contributed by atoms with van der Waals surface area (Å²) in [6.45, 7) is 5.10. The van der Waals surface area contributed by atoms with E-state index in [0.29, 0.717) is 36.8 Å². The van der Waals surface area contributed by atoms with Gasteiger partial charge in [0.1, 0.15) is 30.7 Å². The number of nitrogens with zero attached hydrogens (tertiary/aromatic N) is 5. The van der Waals surface area contributed by atoms with Crippen molar-refractivity contribution >= 4 is 23.2 Å². The monoisotopic (exact) mass is 475 g/mol. The van der Waals surface area contributed by atoms with Gasteiger partial charge in [-0.25, -0.2) is 4.98 Å². The molecular weight excluding hydrogens is 446 g/mol. The Hall–Kier alpha value is -4.39. The fourth-order valence-electron chi connectivity index (χ4n) is 3.18. The van der Waals surface area contributed by atoms with Gasteiger partial charge in [-0.3, -0.25) is 14.3 Å². The van der Waals surface area contributed by atoms with Crippen molar-refractivity contribution in [1.82, 2.24) is 19.7 Å². The molecule has 2 aromatic heterocycles. The van der Waals surface area contributed by atoms with Gasteiger partial charge >= 0.3 is 0 Å². The minimum Gasteiger partial charge on any atom is -0.492 e. The summed E-state index contributed by atoms with van der Waals surface area (Å²) in [5, 5.41) is 19.0. The SMILES string of the molecule is Cc1ccc(OCCN(C)C(=O)Cn2cc(NC(=O)CCNc3ccc(C#N)nc3C)cn2)cc1. The highest BCUT2D eigenvalue weighted by Gasteiger charge is 2.12. The molecule has 1 aromatic carbocycles. The van der Waals surface area contributed by atoms with Crippen LogP contribution in [0.25, 0.3) is 0 Å². The third kappa shape index (κ3) is 7.85. The van der Waals surface area contributed by atoms with E-state index in [1.165, 1.54) is 10.9 Å². The number of pyridine rings is 1. The topological polar surface area (TPSA) is 125 Å². The average Bonchev–Trinajstić information content (AvgIpc) is 3.27. The van der Waals surface area contributed by atoms with E-state index in [4.69, 9.17) is 10.00 Å². The molecule has 10 nitrogen and oxygen atoms in total. The second kappa shape index (κ2) is 12.2. The van der Waals surface area contributed by atoms with Gasteiger partial charge in [0.25, 0.3) is 0 Å². The Morgan fingerprint density at radius 2 is 1.94 bits per heavy atom. The number of hydrogen-bond donors (Lipinski definition) is 2. The van der Waals surface area contributed by atoms with Crippen LogP contribution in [0.3, 0.4) is 0 Å². The van der Waals surface area contributed by atoms with Gasteiger partial charge in [-0.05, 0) is 38.1 Å². The lowest BCUT2D eigenvalue weighted by Crippen LogP contribution is -2.33. The number of rotatable bonds is 11. The maximum atomic E-state index is 12.5. The maximum Gasteiger partial charge on any atom is 0.244 e. The summed E-state index contributed by atoms with van der Waals surface area (Å²) < 4.78 is 7.16. The zero-order valence-electron chi connectivity index (χ0n) is 20.1. The van der Waals surface area contributed by atoms with Crippen molar-refractivity contribution in [2.24, 2.45) is 0 Å². The number of carbonyl (C=O) groups is 2. The van der Waals surface area contributed by atoms with Gasteiger partial charge in [-0.2, -0.15) is 10.4 Å². The van der Waals surface area contributed by atoms with Gasteiger partial charge in [0.15, 0.2) is 0 Å². The number of aromatic nitrogens is 3. The van der Waals surface area contributed by atoms with Gasteiger partial charge in [-0.1, -0.05) is 17.7 Å². The molecule has 0 aliphatic rings. The number of amides is 2. The summed E-state index contributed by atoms with van der Waals surface area (Å²) in [5.41, 5.74) is 3.50. The van der Waals surface area contributed by atoms with Gasteiger partial charge in [-0.15, -0.1) is 0 Å². The average molecular weight is 476 g/mol. The second-order valence-corrected chi connectivity index (χ2v) is 8.07. The first kappa shape index (κ1) is 25.2. The quantitative estimate of drug-likeness (QED) is 0.437. The Morgan fingerprint density at radius 1 is 1.17 bits per heavy atom. The van der Waals surface area contributed by atoms with Crippen LogP contribution in [0.2, 0.25) is 0 Å². The summed E-state index contributed by atoms with van der Waals surface area (Å²) in [6, 6.07) is 13.1. The number of hydrogen-bond acceptors (Lipinski definition) is 7. The van der Waals surface area contributed by atoms with Gasteiger partial charge in [0.05, 0.1) is 29.8 Å². The number of anilines is 2. The lowest BCUT2D eigenvalue weighted by Gasteiger charge is -2.17. The smallest absolute Gasteiger partial charge is 0.244 e. The van der Waals surface area contributed by atoms with Crippen molar-refractivity contribution in [2.75, 3.05) is 37.4 Å². The van der Waals surface area contributed by atoms with Crippen molar-refractivity contribution in [1.29, 1.82) is 5.26 Å². The Morgan fingerprint density at radius 3 is 2.66 bits per heavy atom. The fraction of sp³-hybridized carbons (Fsp3) is 0.320. The number of nitrogens with one attached hydrogen (secondary N) is 2. The zero-order chi connectivity index (χ0) is 25.2. The lowest BCUT2D eigenvalue weighted by molar-refractivity contribution is -0.131. The van der Waals surface area contributed by atoms with Crippen molar-refractivity contribution in [3.05, 3.63) is 65.7 Å². The fourth-order valence-corrected chi connectivity index (χ4v) is 3.18. The molecular formula is C25H29N7O3. The summed E-state index contributed by atoms with van der Waals surface area (Å²) in [6.07, 6.45) is 3.36. The number of benzene rings is 1. The van der Waals surface area contributed by atoms with E-state index in [1.54, 1.807) is 37.2 Å². The molecule has 35 heavy (non-hydrogen) atoms. The summed E-state index contributed by atoms with van der Waals surface area (Å²) >= 11 is 0. The van der Waals surface area contributed by atoms with Crippen LogP contribution in [0, 0.1) is 25.2 Å². The molecule has 2 heterocycles. The molecule has 0 fully saturated rings. The van der Waals surface area contributed by atoms with Crippen molar-refractivity contribution in [3.8, 4) is 11.8 Å². The second-order valence-electron chi connectivity index (χ2n) is 8.07. The van der Waals surface area contributed by atoms with E-state index < -0.39 is 0 Å². The minimum atomic E-state index is -0.187. The van der Waals surface area contributed by atoms with Crippen LogP contribution in [0.15, 0.2) is 48.8 Å². The van der Waals surface area contributed by atoms with Crippen molar-refractivity contribution in [2.45, 2.75) is 26.8 Å². The Kier molecular flexibility index (Phi) is 8.78. The summed E-state index contributed by atoms with van der Waals surface area (Å²) in [4.78, 5) is 30.5. The van der Waals surface area contributed by atoms with Gasteiger partial charge < -0.3 is 20.3 Å². The molecule has 0 aliphatic heterocycles. The highest BCUT2D eigenvalue weighted by Crippen LogP contribution is 2.13. The predicted octanol–water partition coefficient (Wildman–Crippen LogP) is 2.74. The molecule has 0 unspecified atom stereocenters. The van der Waals surface area contributed by atoms with Crippen LogP contribution in [0.1, 0.15) is 23.4 Å². The maximum absolute atomic E-state index is 12.5. The normalized spacial score (nSPS) is 10.3. The highest BCUT2D eigenvalue weighted by molar-refractivity contribution is 5.90. The van der Waals surface area contributed by atoms with Crippen LogP contribution in [0.4, 0.5) is 11.4 Å². The van der Waals surface area contributed by atoms with Crippen LogP contribution in [0.5, 0.6) is 5.75 Å². The van der Waals surface area contributed by atoms with E-state index in [-0.39, 0.29) is 24.8 Å². The minimum absolute atomic E-state index is 0.0590. The number of aryl methyl sites for hydroxylation is 2. The first-order chi connectivity index (χ1) is 16.8. The molecule has 0 aliphatic carbocycles. The van der Waals surface area contributed by atoms with Crippen molar-refractivity contribution < 1.29 is 14.3 Å². The first-order valence-corrected chi connectivity index (χ1v) is 11.2. The lowest BCUT2D eigenvalue weighted by atomic mass is 10.2.